The molecule has 0 saturated heterocycles. The Hall–Kier alpha value is -1.13. The van der Waals surface area contributed by atoms with E-state index in [1.165, 1.54) is 6.07 Å². The van der Waals surface area contributed by atoms with Crippen LogP contribution in [0.4, 0.5) is 4.39 Å². The van der Waals surface area contributed by atoms with Crippen LogP contribution in [-0.4, -0.2) is 12.5 Å². The summed E-state index contributed by atoms with van der Waals surface area (Å²) < 4.78 is 13.3. The van der Waals surface area contributed by atoms with Gasteiger partial charge in [-0.1, -0.05) is 26.0 Å². The molecule has 0 aliphatic heterocycles. The lowest BCUT2D eigenvalue weighted by Crippen LogP contribution is -2.46. The predicted molar refractivity (Wildman–Crippen MR) is 87.0 cm³/mol. The number of carbonyl (C=O) groups excluding carboxylic acids is 1. The molecule has 120 valence electrons. The molecule has 0 saturated carbocycles. The van der Waals surface area contributed by atoms with Gasteiger partial charge in [0, 0.05) is 6.54 Å². The third-order valence-corrected chi connectivity index (χ3v) is 4.26. The lowest BCUT2D eigenvalue weighted by atomic mass is 9.81. The summed E-state index contributed by atoms with van der Waals surface area (Å²) in [5.41, 5.74) is 6.75. The maximum Gasteiger partial charge on any atom is 0.227 e. The number of rotatable bonds is 6. The van der Waals surface area contributed by atoms with Crippen molar-refractivity contribution in [2.24, 2.45) is 11.1 Å². The van der Waals surface area contributed by atoms with E-state index in [1.807, 2.05) is 20.8 Å². The Morgan fingerprint density at radius 3 is 2.38 bits per heavy atom. The first-order chi connectivity index (χ1) is 9.40. The second-order valence-corrected chi connectivity index (χ2v) is 5.40. The zero-order valence-corrected chi connectivity index (χ0v) is 14.0. The molecular weight excluding hydrogens is 291 g/mol. The normalized spacial score (nSPS) is 12.5. The molecule has 0 radical (unpaired) electrons. The third kappa shape index (κ3) is 4.42. The third-order valence-electron chi connectivity index (χ3n) is 4.26. The van der Waals surface area contributed by atoms with Gasteiger partial charge >= 0.3 is 0 Å². The number of hydrogen-bond donors (Lipinski definition) is 2. The largest absolute Gasteiger partial charge is 0.349 e. The van der Waals surface area contributed by atoms with E-state index in [0.29, 0.717) is 24.9 Å². The first kappa shape index (κ1) is 19.9. The van der Waals surface area contributed by atoms with Crippen LogP contribution in [0.2, 0.25) is 0 Å². The smallest absolute Gasteiger partial charge is 0.227 e. The van der Waals surface area contributed by atoms with Gasteiger partial charge in [-0.2, -0.15) is 0 Å². The van der Waals surface area contributed by atoms with Gasteiger partial charge in [-0.3, -0.25) is 4.79 Å². The minimum atomic E-state index is -0.511. The number of hydrogen-bond acceptors (Lipinski definition) is 2. The van der Waals surface area contributed by atoms with Crippen molar-refractivity contribution in [2.75, 3.05) is 6.54 Å². The second-order valence-electron chi connectivity index (χ2n) is 5.40. The summed E-state index contributed by atoms with van der Waals surface area (Å²) >= 11 is 0. The molecule has 0 heterocycles. The highest BCUT2D eigenvalue weighted by Crippen LogP contribution is 2.26. The van der Waals surface area contributed by atoms with Gasteiger partial charge in [0.15, 0.2) is 0 Å². The summed E-state index contributed by atoms with van der Waals surface area (Å²) in [6, 6.07) is 4.74. The molecule has 1 atom stereocenters. The number of amides is 1. The molecule has 1 aromatic rings. The lowest BCUT2D eigenvalue weighted by molar-refractivity contribution is -0.131. The van der Waals surface area contributed by atoms with Crippen LogP contribution in [0.3, 0.4) is 0 Å². The van der Waals surface area contributed by atoms with Gasteiger partial charge in [-0.15, -0.1) is 12.4 Å². The number of nitrogens with two attached hydrogens (primary N) is 1. The Bertz CT molecular complexity index is 467. The van der Waals surface area contributed by atoms with Crippen molar-refractivity contribution in [3.8, 4) is 0 Å². The minimum Gasteiger partial charge on any atom is -0.349 e. The quantitative estimate of drug-likeness (QED) is 0.844. The number of carbonyl (C=O) groups is 1. The molecule has 0 aromatic heterocycles. The number of halogens is 2. The fraction of sp³-hybridized carbons (Fsp3) is 0.562. The molecule has 3 nitrogen and oxygen atoms in total. The van der Waals surface area contributed by atoms with Crippen LogP contribution in [0.15, 0.2) is 18.2 Å². The van der Waals surface area contributed by atoms with Crippen molar-refractivity contribution < 1.29 is 9.18 Å². The van der Waals surface area contributed by atoms with Crippen LogP contribution < -0.4 is 11.1 Å². The summed E-state index contributed by atoms with van der Waals surface area (Å²) in [6.07, 6.45) is 1.42. The molecule has 1 amide bonds. The molecule has 0 spiro atoms. The molecule has 3 N–H and O–H groups in total. The van der Waals surface area contributed by atoms with Crippen LogP contribution in [0, 0.1) is 18.2 Å². The van der Waals surface area contributed by atoms with Gasteiger partial charge in [-0.05, 0) is 43.9 Å². The molecule has 1 unspecified atom stereocenters. The second kappa shape index (κ2) is 8.35. The summed E-state index contributed by atoms with van der Waals surface area (Å²) in [6.45, 7) is 7.90. The maximum absolute atomic E-state index is 13.3. The van der Waals surface area contributed by atoms with E-state index in [4.69, 9.17) is 5.73 Å². The van der Waals surface area contributed by atoms with Crippen molar-refractivity contribution in [1.29, 1.82) is 0 Å². The Morgan fingerprint density at radius 1 is 1.38 bits per heavy atom. The SMILES string of the molecule is CCC(CC)(CN)C(=O)NC(C)c1ccc(F)c(C)c1.Cl. The molecule has 0 fully saturated rings. The van der Waals surface area contributed by atoms with Crippen LogP contribution in [0.1, 0.15) is 50.8 Å². The fourth-order valence-electron chi connectivity index (χ4n) is 2.32. The van der Waals surface area contributed by atoms with E-state index in [0.717, 1.165) is 5.56 Å². The van der Waals surface area contributed by atoms with Crippen molar-refractivity contribution in [3.05, 3.63) is 35.1 Å². The molecule has 0 bridgehead atoms. The predicted octanol–water partition coefficient (Wildman–Crippen LogP) is 3.50. The van der Waals surface area contributed by atoms with Gasteiger partial charge in [-0.25, -0.2) is 4.39 Å². The molecule has 1 aromatic carbocycles. The number of benzene rings is 1. The zero-order valence-electron chi connectivity index (χ0n) is 13.2. The molecule has 0 aliphatic carbocycles. The Labute approximate surface area is 132 Å². The van der Waals surface area contributed by atoms with Crippen molar-refractivity contribution in [1.82, 2.24) is 5.32 Å². The van der Waals surface area contributed by atoms with Crippen LogP contribution in [-0.2, 0) is 4.79 Å². The fourth-order valence-corrected chi connectivity index (χ4v) is 2.32. The van der Waals surface area contributed by atoms with Gasteiger partial charge < -0.3 is 11.1 Å². The van der Waals surface area contributed by atoms with E-state index in [2.05, 4.69) is 5.32 Å². The summed E-state index contributed by atoms with van der Waals surface area (Å²) in [5.74, 6) is -0.259. The molecule has 1 rings (SSSR count). The van der Waals surface area contributed by atoms with Crippen molar-refractivity contribution in [3.63, 3.8) is 0 Å². The number of aryl methyl sites for hydroxylation is 1. The van der Waals surface area contributed by atoms with E-state index in [9.17, 15) is 9.18 Å². The van der Waals surface area contributed by atoms with Crippen molar-refractivity contribution >= 4 is 18.3 Å². The average Bonchev–Trinajstić information content (AvgIpc) is 2.44. The van der Waals surface area contributed by atoms with E-state index in [1.54, 1.807) is 19.1 Å². The summed E-state index contributed by atoms with van der Waals surface area (Å²) in [5, 5.41) is 3.00. The average molecular weight is 317 g/mol. The highest BCUT2D eigenvalue weighted by atomic mass is 35.5. The van der Waals surface area contributed by atoms with Gasteiger partial charge in [0.05, 0.1) is 11.5 Å². The Balaban J connectivity index is 0.00000400. The van der Waals surface area contributed by atoms with Gasteiger partial charge in [0.2, 0.25) is 5.91 Å². The van der Waals surface area contributed by atoms with E-state index >= 15 is 0 Å². The maximum atomic E-state index is 13.3. The zero-order chi connectivity index (χ0) is 15.3. The Kier molecular flexibility index (Phi) is 7.90. The number of nitrogens with one attached hydrogen (secondary N) is 1. The Morgan fingerprint density at radius 2 is 1.95 bits per heavy atom. The minimum absolute atomic E-state index is 0. The van der Waals surface area contributed by atoms with Crippen LogP contribution in [0.25, 0.3) is 0 Å². The van der Waals surface area contributed by atoms with Gasteiger partial charge in [0.1, 0.15) is 5.82 Å². The lowest BCUT2D eigenvalue weighted by Gasteiger charge is -2.30. The molecular formula is C16H26ClFN2O. The first-order valence-corrected chi connectivity index (χ1v) is 7.17. The molecule has 21 heavy (non-hydrogen) atoms. The van der Waals surface area contributed by atoms with Gasteiger partial charge in [0.25, 0.3) is 0 Å². The summed E-state index contributed by atoms with van der Waals surface area (Å²) in [4.78, 5) is 12.4. The highest BCUT2D eigenvalue weighted by Gasteiger charge is 2.34. The standard InChI is InChI=1S/C16H25FN2O.ClH/c1-5-16(6-2,10-18)15(20)19-12(4)13-7-8-14(17)11(3)9-13;/h7-9,12H,5-6,10,18H2,1-4H3,(H,19,20);1H. The molecule has 5 heteroatoms. The molecule has 0 aliphatic rings. The van der Waals surface area contributed by atoms with Crippen LogP contribution >= 0.6 is 12.4 Å². The van der Waals surface area contributed by atoms with E-state index < -0.39 is 5.41 Å². The first-order valence-electron chi connectivity index (χ1n) is 7.17. The summed E-state index contributed by atoms with van der Waals surface area (Å²) in [7, 11) is 0. The van der Waals surface area contributed by atoms with Crippen LogP contribution in [0.5, 0.6) is 0 Å². The van der Waals surface area contributed by atoms with Crippen molar-refractivity contribution in [2.45, 2.75) is 46.6 Å². The highest BCUT2D eigenvalue weighted by molar-refractivity contribution is 5.85. The topological polar surface area (TPSA) is 55.1 Å². The van der Waals surface area contributed by atoms with E-state index in [-0.39, 0.29) is 30.2 Å². The monoisotopic (exact) mass is 316 g/mol.